The lowest BCUT2D eigenvalue weighted by Gasteiger charge is -2.05. The van der Waals surface area contributed by atoms with Gasteiger partial charge in [0.1, 0.15) is 17.4 Å². The number of anilines is 1. The van der Waals surface area contributed by atoms with Gasteiger partial charge in [0.2, 0.25) is 26.6 Å². The van der Waals surface area contributed by atoms with Gasteiger partial charge in [0.15, 0.2) is 0 Å². The van der Waals surface area contributed by atoms with Gasteiger partial charge >= 0.3 is 0 Å². The Morgan fingerprint density at radius 1 is 0.966 bits per heavy atom. The highest BCUT2D eigenvalue weighted by molar-refractivity contribution is 7.91. The Kier molecular flexibility index (Phi) is 4.89. The van der Waals surface area contributed by atoms with Gasteiger partial charge in [-0.15, -0.1) is 0 Å². The molecule has 4 aromatic rings. The van der Waals surface area contributed by atoms with Gasteiger partial charge < -0.3 is 14.2 Å². The number of aromatic nitrogens is 1. The van der Waals surface area contributed by atoms with Gasteiger partial charge in [0, 0.05) is 0 Å². The summed E-state index contributed by atoms with van der Waals surface area (Å²) in [4.78, 5) is 3.86. The summed E-state index contributed by atoms with van der Waals surface area (Å²) >= 11 is 0. The van der Waals surface area contributed by atoms with Crippen molar-refractivity contribution in [2.45, 2.75) is 16.5 Å². The van der Waals surface area contributed by atoms with E-state index >= 15 is 0 Å². The van der Waals surface area contributed by atoms with Crippen molar-refractivity contribution in [3.63, 3.8) is 0 Å². The molecule has 1 N–H and O–H groups in total. The summed E-state index contributed by atoms with van der Waals surface area (Å²) in [5.41, 5.74) is 0.00843. The third-order valence-electron chi connectivity index (χ3n) is 4.08. The predicted molar refractivity (Wildman–Crippen MR) is 99.8 cm³/mol. The van der Waals surface area contributed by atoms with Crippen molar-refractivity contribution in [1.82, 2.24) is 4.98 Å². The van der Waals surface area contributed by atoms with E-state index in [2.05, 4.69) is 10.3 Å². The van der Waals surface area contributed by atoms with Gasteiger partial charge in [0.05, 0.1) is 23.3 Å². The van der Waals surface area contributed by atoms with Crippen molar-refractivity contribution in [1.29, 1.82) is 0 Å². The molecule has 0 saturated heterocycles. The largest absolute Gasteiger partial charge is 0.467 e. The van der Waals surface area contributed by atoms with Gasteiger partial charge in [-0.2, -0.15) is 4.98 Å². The van der Waals surface area contributed by atoms with Gasteiger partial charge in [-0.25, -0.2) is 17.2 Å². The molecule has 0 unspecified atom stereocenters. The molecule has 0 spiro atoms. The molecule has 0 saturated carbocycles. The first-order valence-corrected chi connectivity index (χ1v) is 9.96. The zero-order valence-corrected chi connectivity index (χ0v) is 15.6. The van der Waals surface area contributed by atoms with Crippen LogP contribution in [0.25, 0.3) is 11.5 Å². The molecule has 2 heterocycles. The fourth-order valence-corrected chi connectivity index (χ4v) is 3.93. The molecule has 9 heteroatoms. The smallest absolute Gasteiger partial charge is 0.234 e. The molecule has 0 aliphatic rings. The minimum Gasteiger partial charge on any atom is -0.467 e. The summed E-state index contributed by atoms with van der Waals surface area (Å²) in [6.45, 7) is 0.116. The highest BCUT2D eigenvalue weighted by Gasteiger charge is 2.29. The van der Waals surface area contributed by atoms with Crippen LogP contribution in [0.3, 0.4) is 0 Å². The number of benzene rings is 2. The van der Waals surface area contributed by atoms with Crippen molar-refractivity contribution < 1.29 is 26.0 Å². The summed E-state index contributed by atoms with van der Waals surface area (Å²) in [6, 6.07) is 13.4. The maximum Gasteiger partial charge on any atom is 0.234 e. The lowest BCUT2D eigenvalue weighted by molar-refractivity contribution is 0.510. The van der Waals surface area contributed by atoms with E-state index in [-0.39, 0.29) is 28.8 Å². The highest BCUT2D eigenvalue weighted by Crippen LogP contribution is 2.33. The number of rotatable bonds is 6. The predicted octanol–water partition coefficient (Wildman–Crippen LogP) is 4.66. The Labute approximate surface area is 164 Å². The quantitative estimate of drug-likeness (QED) is 0.460. The van der Waals surface area contributed by atoms with Crippen LogP contribution < -0.4 is 5.32 Å². The number of nitrogens with one attached hydrogen (secondary N) is 1. The molecule has 2 aromatic heterocycles. The Balaban J connectivity index is 1.80. The maximum absolute atomic E-state index is 14.2. The molecule has 2 aromatic carbocycles. The highest BCUT2D eigenvalue weighted by atomic mass is 32.2. The second-order valence-corrected chi connectivity index (χ2v) is 7.89. The van der Waals surface area contributed by atoms with E-state index in [0.717, 1.165) is 24.3 Å². The van der Waals surface area contributed by atoms with E-state index in [0.29, 0.717) is 5.76 Å². The van der Waals surface area contributed by atoms with Crippen molar-refractivity contribution in [2.75, 3.05) is 5.32 Å². The number of nitrogens with zero attached hydrogens (tertiary/aromatic N) is 1. The third-order valence-corrected chi connectivity index (χ3v) is 5.76. The van der Waals surface area contributed by atoms with Crippen molar-refractivity contribution in [2.24, 2.45) is 0 Å². The molecular formula is C20H14F2N2O4S. The molecule has 6 nitrogen and oxygen atoms in total. The van der Waals surface area contributed by atoms with E-state index < -0.39 is 26.5 Å². The van der Waals surface area contributed by atoms with Crippen LogP contribution in [0.4, 0.5) is 14.7 Å². The molecule has 0 amide bonds. The van der Waals surface area contributed by atoms with E-state index in [1.807, 2.05) is 0 Å². The minimum atomic E-state index is -4.16. The number of oxazole rings is 1. The maximum atomic E-state index is 14.2. The zero-order chi connectivity index (χ0) is 20.4. The molecule has 0 atom stereocenters. The van der Waals surface area contributed by atoms with Crippen LogP contribution in [0.5, 0.6) is 0 Å². The van der Waals surface area contributed by atoms with Crippen LogP contribution in [-0.4, -0.2) is 13.4 Å². The first-order chi connectivity index (χ1) is 13.9. The molecule has 0 aliphatic carbocycles. The lowest BCUT2D eigenvalue weighted by Crippen LogP contribution is -2.07. The van der Waals surface area contributed by atoms with E-state index in [1.165, 1.54) is 24.5 Å². The lowest BCUT2D eigenvalue weighted by atomic mass is 10.2. The first kappa shape index (κ1) is 18.9. The molecule has 0 fully saturated rings. The summed E-state index contributed by atoms with van der Waals surface area (Å²) < 4.78 is 64.3. The average molecular weight is 416 g/mol. The second-order valence-electron chi connectivity index (χ2n) is 6.02. The number of hydrogen-bond donors (Lipinski definition) is 1. The summed E-state index contributed by atoms with van der Waals surface area (Å²) in [7, 11) is -4.16. The molecule has 148 valence electrons. The zero-order valence-electron chi connectivity index (χ0n) is 14.8. The molecular weight excluding hydrogens is 402 g/mol. The molecule has 29 heavy (non-hydrogen) atoms. The van der Waals surface area contributed by atoms with Gasteiger partial charge in [0.25, 0.3) is 0 Å². The fraction of sp³-hybridized carbons (Fsp3) is 0.0500. The van der Waals surface area contributed by atoms with E-state index in [4.69, 9.17) is 8.83 Å². The Morgan fingerprint density at radius 3 is 2.41 bits per heavy atom. The van der Waals surface area contributed by atoms with Gasteiger partial charge in [-0.3, -0.25) is 0 Å². The number of furan rings is 1. The monoisotopic (exact) mass is 416 g/mol. The van der Waals surface area contributed by atoms with Gasteiger partial charge in [-0.1, -0.05) is 12.1 Å². The van der Waals surface area contributed by atoms with Crippen molar-refractivity contribution in [3.8, 4) is 11.5 Å². The topological polar surface area (TPSA) is 85.3 Å². The number of sulfone groups is 1. The first-order valence-electron chi connectivity index (χ1n) is 8.48. The Morgan fingerprint density at radius 2 is 1.72 bits per heavy atom. The summed E-state index contributed by atoms with van der Waals surface area (Å²) in [5.74, 6) is -1.04. The van der Waals surface area contributed by atoms with E-state index in [9.17, 15) is 17.2 Å². The average Bonchev–Trinajstić information content (AvgIpc) is 3.37. The van der Waals surface area contributed by atoms with Crippen molar-refractivity contribution in [3.05, 3.63) is 84.3 Å². The fourth-order valence-electron chi connectivity index (χ4n) is 2.66. The Hall–Kier alpha value is -3.46. The molecule has 0 bridgehead atoms. The molecule has 4 rings (SSSR count). The van der Waals surface area contributed by atoms with Crippen molar-refractivity contribution >= 4 is 15.7 Å². The molecule has 0 radical (unpaired) electrons. The SMILES string of the molecule is O=S(=O)(c1ccc(F)cc1)c1nc(-c2ccccc2F)oc1NCc1ccco1. The van der Waals surface area contributed by atoms with Crippen LogP contribution in [0.1, 0.15) is 5.76 Å². The number of hydrogen-bond acceptors (Lipinski definition) is 6. The molecule has 0 aliphatic heterocycles. The summed E-state index contributed by atoms with van der Waals surface area (Å²) in [5, 5.41) is 2.38. The Bertz CT molecular complexity index is 1230. The number of halogens is 2. The minimum absolute atomic E-state index is 0.00843. The van der Waals surface area contributed by atoms with Gasteiger partial charge in [-0.05, 0) is 48.5 Å². The van der Waals surface area contributed by atoms with Crippen LogP contribution in [0.15, 0.2) is 85.7 Å². The third kappa shape index (κ3) is 3.77. The standard InChI is InChI=1S/C20H14F2N2O4S/c21-13-7-9-15(10-8-13)29(25,26)20-19(23-12-14-4-3-11-27-14)28-18(24-20)16-5-1-2-6-17(16)22/h1-11,23H,12H2. The normalized spacial score (nSPS) is 11.5. The van der Waals surface area contributed by atoms with Crippen LogP contribution in [0, 0.1) is 11.6 Å². The van der Waals surface area contributed by atoms with E-state index in [1.54, 1.807) is 18.2 Å². The summed E-state index contributed by atoms with van der Waals surface area (Å²) in [6.07, 6.45) is 1.47. The van der Waals surface area contributed by atoms with Crippen LogP contribution in [-0.2, 0) is 16.4 Å². The van der Waals surface area contributed by atoms with Crippen LogP contribution in [0.2, 0.25) is 0 Å². The van der Waals surface area contributed by atoms with Crippen LogP contribution >= 0.6 is 0 Å². The second kappa shape index (κ2) is 7.51.